The van der Waals surface area contributed by atoms with Crippen LogP contribution in [0, 0.1) is 0 Å². The lowest BCUT2D eigenvalue weighted by molar-refractivity contribution is 1.10. The van der Waals surface area contributed by atoms with E-state index < -0.39 is 0 Å². The quantitative estimate of drug-likeness (QED) is 0.667. The first kappa shape index (κ1) is 6.36. The number of thiazole rings is 1. The first-order chi connectivity index (χ1) is 5.36. The van der Waals surface area contributed by atoms with E-state index >= 15 is 0 Å². The van der Waals surface area contributed by atoms with Crippen LogP contribution in [-0.4, -0.2) is 15.2 Å². The molecule has 3 N–H and O–H groups in total. The number of H-pyrrole nitrogens is 1. The molecule has 0 amide bonds. The van der Waals surface area contributed by atoms with Crippen LogP contribution >= 0.6 is 11.3 Å². The number of nitrogens with one attached hydrogen (secondary N) is 1. The first-order valence-electron chi connectivity index (χ1n) is 3.06. The van der Waals surface area contributed by atoms with Crippen LogP contribution in [-0.2, 0) is 0 Å². The molecule has 2 aromatic heterocycles. The second kappa shape index (κ2) is 2.35. The summed E-state index contributed by atoms with van der Waals surface area (Å²) < 4.78 is 0. The monoisotopic (exact) mass is 166 g/mol. The zero-order valence-electron chi connectivity index (χ0n) is 5.61. The van der Waals surface area contributed by atoms with E-state index in [4.69, 9.17) is 5.73 Å². The van der Waals surface area contributed by atoms with Crippen LogP contribution in [0.2, 0.25) is 0 Å². The van der Waals surface area contributed by atoms with E-state index in [0.29, 0.717) is 5.82 Å². The van der Waals surface area contributed by atoms with Gasteiger partial charge in [-0.25, -0.2) is 0 Å². The van der Waals surface area contributed by atoms with Gasteiger partial charge in [0, 0.05) is 12.3 Å². The van der Waals surface area contributed by atoms with E-state index in [-0.39, 0.29) is 0 Å². The number of hydrogen-bond acceptors (Lipinski definition) is 4. The molecule has 2 aromatic rings. The van der Waals surface area contributed by atoms with E-state index in [1.807, 2.05) is 0 Å². The van der Waals surface area contributed by atoms with Gasteiger partial charge in [0.2, 0.25) is 0 Å². The lowest BCUT2D eigenvalue weighted by Crippen LogP contribution is -1.81. The van der Waals surface area contributed by atoms with Crippen LogP contribution in [0.15, 0.2) is 17.8 Å². The molecular weight excluding hydrogens is 160 g/mol. The normalized spacial score (nSPS) is 10.2. The van der Waals surface area contributed by atoms with Crippen molar-refractivity contribution in [2.75, 3.05) is 5.73 Å². The summed E-state index contributed by atoms with van der Waals surface area (Å²) in [6.45, 7) is 0. The largest absolute Gasteiger partial charge is 0.382 e. The molecule has 0 aliphatic rings. The number of rotatable bonds is 1. The minimum Gasteiger partial charge on any atom is -0.382 e. The molecule has 0 atom stereocenters. The molecule has 5 heteroatoms. The Labute approximate surface area is 67.1 Å². The second-order valence-corrected chi connectivity index (χ2v) is 2.96. The highest BCUT2D eigenvalue weighted by Gasteiger charge is 2.01. The smallest absolute Gasteiger partial charge is 0.145 e. The van der Waals surface area contributed by atoms with Crippen molar-refractivity contribution in [3.63, 3.8) is 0 Å². The third-order valence-corrected chi connectivity index (χ3v) is 2.10. The van der Waals surface area contributed by atoms with E-state index in [1.165, 1.54) is 0 Å². The van der Waals surface area contributed by atoms with Crippen molar-refractivity contribution < 1.29 is 0 Å². The van der Waals surface area contributed by atoms with E-state index in [9.17, 15) is 0 Å². The van der Waals surface area contributed by atoms with Crippen LogP contribution in [0.4, 0.5) is 5.82 Å². The van der Waals surface area contributed by atoms with Crippen LogP contribution in [0.25, 0.3) is 10.6 Å². The molecule has 0 saturated heterocycles. The predicted molar refractivity (Wildman–Crippen MR) is 44.1 cm³/mol. The molecule has 0 fully saturated rings. The number of anilines is 1. The zero-order chi connectivity index (χ0) is 7.68. The molecule has 0 spiro atoms. The van der Waals surface area contributed by atoms with Crippen molar-refractivity contribution in [2.24, 2.45) is 0 Å². The van der Waals surface area contributed by atoms with Crippen LogP contribution < -0.4 is 5.73 Å². The number of nitrogen functional groups attached to an aromatic ring is 1. The van der Waals surface area contributed by atoms with Gasteiger partial charge in [-0.2, -0.15) is 5.10 Å². The fourth-order valence-electron chi connectivity index (χ4n) is 0.812. The van der Waals surface area contributed by atoms with Gasteiger partial charge in [0.05, 0.1) is 16.1 Å². The van der Waals surface area contributed by atoms with Gasteiger partial charge in [0.25, 0.3) is 0 Å². The second-order valence-electron chi connectivity index (χ2n) is 2.07. The molecule has 0 bridgehead atoms. The molecular formula is C6H6N4S. The van der Waals surface area contributed by atoms with Crippen molar-refractivity contribution in [1.29, 1.82) is 0 Å². The standard InChI is InChI=1S/C6H6N4S/c7-6-1-4(9-10-6)5-2-8-3-11-5/h1-3H,(H3,7,9,10). The van der Waals surface area contributed by atoms with Crippen LogP contribution in [0.5, 0.6) is 0 Å². The Hall–Kier alpha value is -1.36. The van der Waals surface area contributed by atoms with Gasteiger partial charge in [0.1, 0.15) is 5.82 Å². The summed E-state index contributed by atoms with van der Waals surface area (Å²) in [5, 5.41) is 6.61. The molecule has 0 saturated carbocycles. The van der Waals surface area contributed by atoms with Crippen LogP contribution in [0.3, 0.4) is 0 Å². The Bertz CT molecular complexity index is 337. The lowest BCUT2D eigenvalue weighted by Gasteiger charge is -1.83. The van der Waals surface area contributed by atoms with Crippen molar-refractivity contribution in [1.82, 2.24) is 15.2 Å². The molecule has 11 heavy (non-hydrogen) atoms. The van der Waals surface area contributed by atoms with E-state index in [1.54, 1.807) is 29.1 Å². The zero-order valence-corrected chi connectivity index (χ0v) is 6.43. The molecule has 0 aliphatic carbocycles. The van der Waals surface area contributed by atoms with Gasteiger partial charge < -0.3 is 5.73 Å². The van der Waals surface area contributed by atoms with Crippen molar-refractivity contribution in [2.45, 2.75) is 0 Å². The molecule has 2 heterocycles. The Balaban J connectivity index is 2.45. The van der Waals surface area contributed by atoms with Gasteiger partial charge in [0.15, 0.2) is 0 Å². The molecule has 2 rings (SSSR count). The fourth-order valence-corrected chi connectivity index (χ4v) is 1.40. The molecule has 56 valence electrons. The van der Waals surface area contributed by atoms with Gasteiger partial charge in [-0.15, -0.1) is 11.3 Å². The summed E-state index contributed by atoms with van der Waals surface area (Å²) in [5.74, 6) is 0.508. The highest BCUT2D eigenvalue weighted by atomic mass is 32.1. The average Bonchev–Trinajstić information content (AvgIpc) is 2.55. The number of aromatic amines is 1. The van der Waals surface area contributed by atoms with Crippen molar-refractivity contribution in [3.05, 3.63) is 17.8 Å². The Kier molecular flexibility index (Phi) is 1.36. The molecule has 0 radical (unpaired) electrons. The van der Waals surface area contributed by atoms with Gasteiger partial charge in [-0.1, -0.05) is 0 Å². The summed E-state index contributed by atoms with van der Waals surface area (Å²) >= 11 is 1.55. The van der Waals surface area contributed by atoms with Crippen molar-refractivity contribution in [3.8, 4) is 10.6 Å². The van der Waals surface area contributed by atoms with E-state index in [0.717, 1.165) is 10.6 Å². The first-order valence-corrected chi connectivity index (χ1v) is 3.94. The Morgan fingerprint density at radius 1 is 1.55 bits per heavy atom. The van der Waals surface area contributed by atoms with Gasteiger partial charge in [-0.3, -0.25) is 10.1 Å². The molecule has 0 unspecified atom stereocenters. The molecule has 0 aromatic carbocycles. The molecule has 4 nitrogen and oxygen atoms in total. The third kappa shape index (κ3) is 1.10. The highest BCUT2D eigenvalue weighted by molar-refractivity contribution is 7.13. The Morgan fingerprint density at radius 2 is 2.45 bits per heavy atom. The predicted octanol–water partition coefficient (Wildman–Crippen LogP) is 1.12. The summed E-state index contributed by atoms with van der Waals surface area (Å²) in [6.07, 6.45) is 1.78. The number of aromatic nitrogens is 3. The van der Waals surface area contributed by atoms with E-state index in [2.05, 4.69) is 15.2 Å². The average molecular weight is 166 g/mol. The number of hydrogen-bond donors (Lipinski definition) is 2. The summed E-state index contributed by atoms with van der Waals surface area (Å²) in [6, 6.07) is 1.79. The van der Waals surface area contributed by atoms with Gasteiger partial charge in [-0.05, 0) is 0 Å². The summed E-state index contributed by atoms with van der Waals surface area (Å²) in [4.78, 5) is 4.99. The summed E-state index contributed by atoms with van der Waals surface area (Å²) in [7, 11) is 0. The minimum atomic E-state index is 0.508. The third-order valence-electron chi connectivity index (χ3n) is 1.30. The fraction of sp³-hybridized carbons (Fsp3) is 0. The number of nitrogens with zero attached hydrogens (tertiary/aromatic N) is 2. The SMILES string of the molecule is Nc1cc(-c2cncs2)[nH]n1. The molecule has 0 aliphatic heterocycles. The maximum atomic E-state index is 5.43. The summed E-state index contributed by atoms with van der Waals surface area (Å²) in [5.41, 5.74) is 8.12. The number of nitrogens with two attached hydrogens (primary N) is 1. The lowest BCUT2D eigenvalue weighted by atomic mass is 10.4. The van der Waals surface area contributed by atoms with Crippen molar-refractivity contribution >= 4 is 17.2 Å². The maximum absolute atomic E-state index is 5.43. The maximum Gasteiger partial charge on any atom is 0.145 e. The highest BCUT2D eigenvalue weighted by Crippen LogP contribution is 2.21. The van der Waals surface area contributed by atoms with Gasteiger partial charge >= 0.3 is 0 Å². The topological polar surface area (TPSA) is 67.6 Å². The minimum absolute atomic E-state index is 0.508. The Morgan fingerprint density at radius 3 is 3.00 bits per heavy atom. The van der Waals surface area contributed by atoms with Crippen LogP contribution in [0.1, 0.15) is 0 Å².